The van der Waals surface area contributed by atoms with E-state index >= 15 is 0 Å². The van der Waals surface area contributed by atoms with Crippen molar-refractivity contribution >= 4 is 38.8 Å². The molecular weight excluding hydrogens is 394 g/mol. The normalized spacial score (nSPS) is 18.8. The summed E-state index contributed by atoms with van der Waals surface area (Å²) in [5, 5.41) is 13.4. The average molecular weight is 414 g/mol. The van der Waals surface area contributed by atoms with E-state index in [9.17, 15) is 18.5 Å². The maximum atomic E-state index is 12.9. The van der Waals surface area contributed by atoms with Gasteiger partial charge in [-0.25, -0.2) is 13.4 Å². The molecule has 0 amide bonds. The maximum Gasteiger partial charge on any atom is 0.284 e. The number of hydrogen-bond donors (Lipinski definition) is 0. The summed E-state index contributed by atoms with van der Waals surface area (Å²) in [7, 11) is -3.73. The van der Waals surface area contributed by atoms with Crippen LogP contribution in [-0.4, -0.2) is 35.7 Å². The Hall–Kier alpha value is -1.49. The molecule has 1 unspecified atom stereocenters. The highest BCUT2D eigenvalue weighted by atomic mass is 32.2. The number of sulfonamides is 1. The van der Waals surface area contributed by atoms with E-state index in [1.54, 1.807) is 0 Å². The molecule has 140 valence electrons. The summed E-state index contributed by atoms with van der Waals surface area (Å²) in [5.41, 5.74) is 0.632. The van der Waals surface area contributed by atoms with E-state index in [-0.39, 0.29) is 16.5 Å². The van der Waals surface area contributed by atoms with Crippen LogP contribution >= 0.6 is 23.1 Å². The van der Waals surface area contributed by atoms with Crippen molar-refractivity contribution in [2.75, 3.05) is 13.1 Å². The second-order valence-corrected chi connectivity index (χ2v) is 10.4. The number of nitrogens with zero attached hydrogens (tertiary/aromatic N) is 3. The molecule has 0 aliphatic carbocycles. The summed E-state index contributed by atoms with van der Waals surface area (Å²) in [6, 6.07) is 4.11. The molecule has 3 rings (SSSR count). The highest BCUT2D eigenvalue weighted by Gasteiger charge is 2.30. The van der Waals surface area contributed by atoms with Gasteiger partial charge in [-0.15, -0.1) is 11.3 Å². The van der Waals surface area contributed by atoms with Crippen LogP contribution in [-0.2, 0) is 10.0 Å². The van der Waals surface area contributed by atoms with Crippen LogP contribution in [0.3, 0.4) is 0 Å². The van der Waals surface area contributed by atoms with Crippen LogP contribution < -0.4 is 0 Å². The topological polar surface area (TPSA) is 93.4 Å². The molecule has 0 N–H and O–H groups in total. The van der Waals surface area contributed by atoms with Crippen LogP contribution in [0.15, 0.2) is 37.7 Å². The number of thiazole rings is 1. The second kappa shape index (κ2) is 7.63. The van der Waals surface area contributed by atoms with Gasteiger partial charge in [0.1, 0.15) is 0 Å². The van der Waals surface area contributed by atoms with Crippen molar-refractivity contribution in [3.05, 3.63) is 39.4 Å². The lowest BCUT2D eigenvalue weighted by atomic mass is 10.0. The van der Waals surface area contributed by atoms with Gasteiger partial charge in [0, 0.05) is 30.2 Å². The number of aryl methyl sites for hydroxylation is 1. The molecule has 0 spiro atoms. The van der Waals surface area contributed by atoms with Crippen LogP contribution in [0.5, 0.6) is 0 Å². The lowest BCUT2D eigenvalue weighted by Gasteiger charge is -2.30. The maximum absolute atomic E-state index is 12.9. The number of nitro benzene ring substituents is 1. The second-order valence-electron chi connectivity index (χ2n) is 6.35. The van der Waals surface area contributed by atoms with Gasteiger partial charge in [0.2, 0.25) is 10.0 Å². The van der Waals surface area contributed by atoms with Crippen molar-refractivity contribution in [2.45, 2.75) is 40.8 Å². The highest BCUT2D eigenvalue weighted by Crippen LogP contribution is 2.38. The molecule has 1 aromatic carbocycles. The fourth-order valence-corrected chi connectivity index (χ4v) is 6.37. The molecular formula is C16H19N3O4S3. The van der Waals surface area contributed by atoms with Gasteiger partial charge in [-0.2, -0.15) is 4.31 Å². The van der Waals surface area contributed by atoms with Crippen LogP contribution in [0.2, 0.25) is 0 Å². The van der Waals surface area contributed by atoms with E-state index in [0.29, 0.717) is 22.3 Å². The number of hydrogen-bond acceptors (Lipinski definition) is 7. The fraction of sp³-hybridized carbons (Fsp3) is 0.438. The molecule has 2 heterocycles. The minimum atomic E-state index is -3.73. The molecule has 1 fully saturated rings. The van der Waals surface area contributed by atoms with Crippen molar-refractivity contribution in [3.8, 4) is 0 Å². The number of rotatable bonds is 5. The first-order valence-corrected chi connectivity index (χ1v) is 11.3. The Balaban J connectivity index is 1.94. The molecule has 7 nitrogen and oxygen atoms in total. The summed E-state index contributed by atoms with van der Waals surface area (Å²) in [4.78, 5) is 15.6. The highest BCUT2D eigenvalue weighted by molar-refractivity contribution is 8.01. The monoisotopic (exact) mass is 413 g/mol. The molecule has 0 radical (unpaired) electrons. The summed E-state index contributed by atoms with van der Waals surface area (Å²) in [6.45, 7) is 4.77. The third kappa shape index (κ3) is 4.08. The predicted octanol–water partition coefficient (Wildman–Crippen LogP) is 3.93. The largest absolute Gasteiger partial charge is 0.284 e. The Morgan fingerprint density at radius 2 is 2.19 bits per heavy atom. The minimum Gasteiger partial charge on any atom is -0.258 e. The SMILES string of the molecule is Cc1csc(Sc2ccc(S(=O)(=O)N3CCCC(C)C3)cc2[N+](=O)[O-])n1. The van der Waals surface area contributed by atoms with Gasteiger partial charge in [-0.3, -0.25) is 10.1 Å². The lowest BCUT2D eigenvalue weighted by molar-refractivity contribution is -0.388. The van der Waals surface area contributed by atoms with Crippen molar-refractivity contribution < 1.29 is 13.3 Å². The third-order valence-corrected chi connectivity index (χ3v) is 8.16. The van der Waals surface area contributed by atoms with E-state index < -0.39 is 14.9 Å². The van der Waals surface area contributed by atoms with Crippen molar-refractivity contribution in [1.29, 1.82) is 0 Å². The van der Waals surface area contributed by atoms with E-state index in [2.05, 4.69) is 4.98 Å². The summed E-state index contributed by atoms with van der Waals surface area (Å²) < 4.78 is 27.8. The van der Waals surface area contributed by atoms with Gasteiger partial charge in [-0.05, 0) is 37.8 Å². The van der Waals surface area contributed by atoms with Crippen molar-refractivity contribution in [1.82, 2.24) is 9.29 Å². The quantitative estimate of drug-likeness (QED) is 0.544. The van der Waals surface area contributed by atoms with Gasteiger partial charge in [0.15, 0.2) is 4.34 Å². The summed E-state index contributed by atoms with van der Waals surface area (Å²) in [6.07, 6.45) is 1.80. The van der Waals surface area contributed by atoms with Crippen LogP contribution in [0, 0.1) is 23.0 Å². The Kier molecular flexibility index (Phi) is 5.66. The predicted molar refractivity (Wildman–Crippen MR) is 101 cm³/mol. The smallest absolute Gasteiger partial charge is 0.258 e. The molecule has 26 heavy (non-hydrogen) atoms. The Morgan fingerprint density at radius 3 is 2.81 bits per heavy atom. The fourth-order valence-electron chi connectivity index (χ4n) is 2.87. The average Bonchev–Trinajstić information content (AvgIpc) is 2.99. The van der Waals surface area contributed by atoms with Crippen LogP contribution in [0.4, 0.5) is 5.69 Å². The van der Waals surface area contributed by atoms with Crippen molar-refractivity contribution in [3.63, 3.8) is 0 Å². The van der Waals surface area contributed by atoms with E-state index in [4.69, 9.17) is 0 Å². The molecule has 0 saturated carbocycles. The number of aromatic nitrogens is 1. The van der Waals surface area contributed by atoms with Gasteiger partial charge in [0.05, 0.1) is 14.7 Å². The summed E-state index contributed by atoms with van der Waals surface area (Å²) >= 11 is 2.58. The van der Waals surface area contributed by atoms with Crippen LogP contribution in [0.25, 0.3) is 0 Å². The van der Waals surface area contributed by atoms with Crippen LogP contribution in [0.1, 0.15) is 25.5 Å². The standard InChI is InChI=1S/C16H19N3O4S3/c1-11-4-3-7-18(9-11)26(22,23)13-5-6-15(14(8-13)19(20)21)25-16-17-12(2)10-24-16/h5-6,8,10-11H,3-4,7,9H2,1-2H3. The van der Waals surface area contributed by atoms with Gasteiger partial charge < -0.3 is 0 Å². The van der Waals surface area contributed by atoms with Crippen molar-refractivity contribution in [2.24, 2.45) is 5.92 Å². The first kappa shape index (κ1) is 19.3. The zero-order chi connectivity index (χ0) is 18.9. The number of benzene rings is 1. The first-order valence-electron chi connectivity index (χ1n) is 8.16. The third-order valence-electron chi connectivity index (χ3n) is 4.18. The molecule has 1 aromatic heterocycles. The summed E-state index contributed by atoms with van der Waals surface area (Å²) in [5.74, 6) is 0.288. The van der Waals surface area contributed by atoms with Gasteiger partial charge >= 0.3 is 0 Å². The molecule has 1 saturated heterocycles. The molecule has 1 atom stereocenters. The molecule has 10 heteroatoms. The molecule has 0 bridgehead atoms. The Bertz CT molecular complexity index is 927. The van der Waals surface area contributed by atoms with E-state index in [1.807, 2.05) is 19.2 Å². The number of piperidine rings is 1. The number of nitro groups is 1. The van der Waals surface area contributed by atoms with E-state index in [0.717, 1.165) is 24.6 Å². The molecule has 1 aliphatic heterocycles. The lowest BCUT2D eigenvalue weighted by Crippen LogP contribution is -2.39. The van der Waals surface area contributed by atoms with Gasteiger partial charge in [-0.1, -0.05) is 18.7 Å². The Labute approximate surface area is 160 Å². The minimum absolute atomic E-state index is 0.0297. The molecule has 2 aromatic rings. The van der Waals surface area contributed by atoms with Gasteiger partial charge in [0.25, 0.3) is 5.69 Å². The van der Waals surface area contributed by atoms with E-state index in [1.165, 1.54) is 39.5 Å². The Morgan fingerprint density at radius 1 is 1.42 bits per heavy atom. The first-order chi connectivity index (χ1) is 12.3. The zero-order valence-corrected chi connectivity index (χ0v) is 16.9. The zero-order valence-electron chi connectivity index (χ0n) is 14.4. The molecule has 1 aliphatic rings.